The number of aromatic hydroxyl groups is 1. The van der Waals surface area contributed by atoms with Crippen LogP contribution in [-0.4, -0.2) is 16.3 Å². The number of aromatic nitrogens is 1. The summed E-state index contributed by atoms with van der Waals surface area (Å²) in [6.07, 6.45) is 3.32. The van der Waals surface area contributed by atoms with Crippen molar-refractivity contribution in [2.75, 3.05) is 6.26 Å². The zero-order valence-electron chi connectivity index (χ0n) is 9.21. The van der Waals surface area contributed by atoms with Crippen LogP contribution >= 0.6 is 11.8 Å². The fraction of sp³-hybridized carbons (Fsp3) is 0.0769. The molecule has 84 valence electrons. The fourth-order valence-electron chi connectivity index (χ4n) is 1.46. The molecule has 0 saturated carbocycles. The lowest BCUT2D eigenvalue weighted by Gasteiger charge is -2.03. The van der Waals surface area contributed by atoms with Crippen molar-refractivity contribution in [3.05, 3.63) is 42.1 Å². The van der Waals surface area contributed by atoms with Gasteiger partial charge in [-0.3, -0.25) is 4.98 Å². The highest BCUT2D eigenvalue weighted by molar-refractivity contribution is 7.98. The Balaban J connectivity index is 2.43. The van der Waals surface area contributed by atoms with Gasteiger partial charge < -0.3 is 5.11 Å². The SMILES string of the molecule is CSc1ccc(-c2cc(C#N)c(O)cn2)cc1. The Morgan fingerprint density at radius 2 is 2.00 bits per heavy atom. The molecule has 3 nitrogen and oxygen atoms in total. The third kappa shape index (κ3) is 2.40. The average molecular weight is 242 g/mol. The molecular formula is C13H10N2OS. The van der Waals surface area contributed by atoms with E-state index in [0.717, 1.165) is 5.56 Å². The van der Waals surface area contributed by atoms with E-state index in [4.69, 9.17) is 5.26 Å². The largest absolute Gasteiger partial charge is 0.505 e. The van der Waals surface area contributed by atoms with Gasteiger partial charge in [-0.05, 0) is 24.5 Å². The third-order valence-electron chi connectivity index (χ3n) is 2.39. The second kappa shape index (κ2) is 4.89. The van der Waals surface area contributed by atoms with Crippen molar-refractivity contribution in [3.8, 4) is 23.1 Å². The molecule has 0 fully saturated rings. The summed E-state index contributed by atoms with van der Waals surface area (Å²) < 4.78 is 0. The standard InChI is InChI=1S/C13H10N2OS/c1-17-11-4-2-9(3-5-11)12-6-10(7-14)13(16)8-15-12/h2-6,8,16H,1H3. The van der Waals surface area contributed by atoms with Crippen LogP contribution in [0.4, 0.5) is 0 Å². The molecule has 0 saturated heterocycles. The number of hydrogen-bond donors (Lipinski definition) is 1. The van der Waals surface area contributed by atoms with E-state index in [0.29, 0.717) is 5.69 Å². The van der Waals surface area contributed by atoms with E-state index in [2.05, 4.69) is 4.98 Å². The lowest BCUT2D eigenvalue weighted by Crippen LogP contribution is -1.86. The highest BCUT2D eigenvalue weighted by Crippen LogP contribution is 2.24. The Labute approximate surface area is 104 Å². The first kappa shape index (κ1) is 11.5. The van der Waals surface area contributed by atoms with Crippen LogP contribution in [0.1, 0.15) is 5.56 Å². The van der Waals surface area contributed by atoms with E-state index in [1.165, 1.54) is 11.1 Å². The molecule has 2 aromatic rings. The Morgan fingerprint density at radius 1 is 1.29 bits per heavy atom. The van der Waals surface area contributed by atoms with Gasteiger partial charge in [0.25, 0.3) is 0 Å². The lowest BCUT2D eigenvalue weighted by atomic mass is 10.1. The van der Waals surface area contributed by atoms with Crippen LogP contribution in [-0.2, 0) is 0 Å². The highest BCUT2D eigenvalue weighted by atomic mass is 32.2. The van der Waals surface area contributed by atoms with Gasteiger partial charge >= 0.3 is 0 Å². The first-order valence-corrected chi connectivity index (χ1v) is 6.20. The molecule has 0 unspecified atom stereocenters. The molecule has 0 aliphatic heterocycles. The molecule has 1 aromatic carbocycles. The number of benzene rings is 1. The van der Waals surface area contributed by atoms with E-state index < -0.39 is 0 Å². The number of nitrogens with zero attached hydrogens (tertiary/aromatic N) is 2. The van der Waals surface area contributed by atoms with Crippen LogP contribution in [0.3, 0.4) is 0 Å². The van der Waals surface area contributed by atoms with Crippen molar-refractivity contribution in [2.24, 2.45) is 0 Å². The summed E-state index contributed by atoms with van der Waals surface area (Å²) in [6, 6.07) is 11.4. The topological polar surface area (TPSA) is 56.9 Å². The van der Waals surface area contributed by atoms with Crippen molar-refractivity contribution >= 4 is 11.8 Å². The molecule has 17 heavy (non-hydrogen) atoms. The minimum absolute atomic E-state index is 0.0861. The van der Waals surface area contributed by atoms with Crippen molar-refractivity contribution in [2.45, 2.75) is 4.90 Å². The Bertz CT molecular complexity index is 573. The van der Waals surface area contributed by atoms with Crippen LogP contribution in [0.2, 0.25) is 0 Å². The van der Waals surface area contributed by atoms with Crippen molar-refractivity contribution in [3.63, 3.8) is 0 Å². The Hall–Kier alpha value is -1.99. The molecule has 0 amide bonds. The zero-order chi connectivity index (χ0) is 12.3. The second-order valence-corrected chi connectivity index (χ2v) is 4.31. The summed E-state index contributed by atoms with van der Waals surface area (Å²) in [6.45, 7) is 0. The second-order valence-electron chi connectivity index (χ2n) is 3.43. The smallest absolute Gasteiger partial charge is 0.151 e. The van der Waals surface area contributed by atoms with Gasteiger partial charge in [0, 0.05) is 10.5 Å². The van der Waals surface area contributed by atoms with Gasteiger partial charge in [-0.25, -0.2) is 0 Å². The van der Waals surface area contributed by atoms with Gasteiger partial charge in [0.2, 0.25) is 0 Å². The van der Waals surface area contributed by atoms with Gasteiger partial charge in [0.15, 0.2) is 5.75 Å². The van der Waals surface area contributed by atoms with Crippen molar-refractivity contribution in [1.29, 1.82) is 5.26 Å². The Morgan fingerprint density at radius 3 is 2.59 bits per heavy atom. The van der Waals surface area contributed by atoms with E-state index in [-0.39, 0.29) is 11.3 Å². The first-order chi connectivity index (χ1) is 8.24. The maximum Gasteiger partial charge on any atom is 0.151 e. The molecule has 1 aromatic heterocycles. The summed E-state index contributed by atoms with van der Waals surface area (Å²) in [5.74, 6) is -0.0861. The predicted molar refractivity (Wildman–Crippen MR) is 67.8 cm³/mol. The summed E-state index contributed by atoms with van der Waals surface area (Å²) in [4.78, 5) is 5.28. The van der Waals surface area contributed by atoms with E-state index in [1.54, 1.807) is 17.8 Å². The normalized spacial score (nSPS) is 9.88. The van der Waals surface area contributed by atoms with Crippen LogP contribution < -0.4 is 0 Å². The molecular weight excluding hydrogens is 232 g/mol. The maximum absolute atomic E-state index is 9.38. The molecule has 4 heteroatoms. The number of pyridine rings is 1. The first-order valence-electron chi connectivity index (χ1n) is 4.98. The summed E-state index contributed by atoms with van der Waals surface area (Å²) in [7, 11) is 0. The zero-order valence-corrected chi connectivity index (χ0v) is 10.0. The van der Waals surface area contributed by atoms with E-state index >= 15 is 0 Å². The highest BCUT2D eigenvalue weighted by Gasteiger charge is 2.05. The number of hydrogen-bond acceptors (Lipinski definition) is 4. The molecule has 0 bridgehead atoms. The maximum atomic E-state index is 9.38. The number of rotatable bonds is 2. The molecule has 0 spiro atoms. The van der Waals surface area contributed by atoms with Crippen LogP contribution in [0.25, 0.3) is 11.3 Å². The summed E-state index contributed by atoms with van der Waals surface area (Å²) in [5, 5.41) is 18.2. The Kier molecular flexibility index (Phi) is 3.31. The van der Waals surface area contributed by atoms with E-state index in [9.17, 15) is 5.11 Å². The van der Waals surface area contributed by atoms with Gasteiger partial charge in [0.1, 0.15) is 6.07 Å². The van der Waals surface area contributed by atoms with Gasteiger partial charge in [-0.1, -0.05) is 12.1 Å². The lowest BCUT2D eigenvalue weighted by molar-refractivity contribution is 0.471. The molecule has 1 N–H and O–H groups in total. The quantitative estimate of drug-likeness (QED) is 0.822. The third-order valence-corrected chi connectivity index (χ3v) is 3.13. The molecule has 1 heterocycles. The van der Waals surface area contributed by atoms with Gasteiger partial charge in [-0.15, -0.1) is 11.8 Å². The predicted octanol–water partition coefficient (Wildman–Crippen LogP) is 3.05. The van der Waals surface area contributed by atoms with Crippen molar-refractivity contribution in [1.82, 2.24) is 4.98 Å². The van der Waals surface area contributed by atoms with E-state index in [1.807, 2.05) is 36.6 Å². The fourth-order valence-corrected chi connectivity index (χ4v) is 1.87. The molecule has 0 atom stereocenters. The molecule has 0 aliphatic carbocycles. The van der Waals surface area contributed by atoms with Crippen LogP contribution in [0, 0.1) is 11.3 Å². The van der Waals surface area contributed by atoms with Gasteiger partial charge in [-0.2, -0.15) is 5.26 Å². The monoisotopic (exact) mass is 242 g/mol. The summed E-state index contributed by atoms with van der Waals surface area (Å²) >= 11 is 1.67. The number of nitriles is 1. The number of thioether (sulfide) groups is 1. The minimum atomic E-state index is -0.0861. The average Bonchev–Trinajstić information content (AvgIpc) is 2.39. The summed E-state index contributed by atoms with van der Waals surface area (Å²) in [5.41, 5.74) is 1.86. The molecule has 0 aliphatic rings. The van der Waals surface area contributed by atoms with Crippen molar-refractivity contribution < 1.29 is 5.11 Å². The molecule has 0 radical (unpaired) electrons. The van der Waals surface area contributed by atoms with Crippen LogP contribution in [0.15, 0.2) is 41.4 Å². The molecule has 2 rings (SSSR count). The minimum Gasteiger partial charge on any atom is -0.505 e. The van der Waals surface area contributed by atoms with Crippen LogP contribution in [0.5, 0.6) is 5.75 Å². The van der Waals surface area contributed by atoms with Gasteiger partial charge in [0.05, 0.1) is 17.5 Å².